The maximum Gasteiger partial charge on any atom is 0.233 e. The van der Waals surface area contributed by atoms with Gasteiger partial charge in [-0.25, -0.2) is 0 Å². The largest absolute Gasteiger partial charge is 0.342 e. The first-order valence-corrected chi connectivity index (χ1v) is 3.17. The van der Waals surface area contributed by atoms with Crippen LogP contribution in [0, 0.1) is 0 Å². The zero-order valence-corrected chi connectivity index (χ0v) is 5.71. The lowest BCUT2D eigenvalue weighted by Crippen LogP contribution is -2.29. The van der Waals surface area contributed by atoms with Crippen molar-refractivity contribution in [3.05, 3.63) is 0 Å². The molecule has 0 bridgehead atoms. The summed E-state index contributed by atoms with van der Waals surface area (Å²) in [6.07, 6.45) is 3.38. The molecule has 49 valence electrons. The Kier molecular flexibility index (Phi) is 2.10. The van der Waals surface area contributed by atoms with Crippen molar-refractivity contribution in [1.82, 2.24) is 4.90 Å². The average Bonchev–Trinajstić information content (AvgIpc) is 2.37. The smallest absolute Gasteiger partial charge is 0.233 e. The van der Waals surface area contributed by atoms with Gasteiger partial charge in [0.15, 0.2) is 0 Å². The minimum absolute atomic E-state index is 0.434. The third kappa shape index (κ3) is 1.45. The van der Waals surface area contributed by atoms with Gasteiger partial charge in [0.25, 0.3) is 0 Å². The minimum atomic E-state index is -0.434. The van der Waals surface area contributed by atoms with Crippen LogP contribution in [0.1, 0.15) is 0 Å². The van der Waals surface area contributed by atoms with Gasteiger partial charge in [-0.3, -0.25) is 9.79 Å². The molecule has 0 N–H and O–H groups in total. The molecule has 0 fully saturated rings. The van der Waals surface area contributed by atoms with Crippen LogP contribution in [0.25, 0.3) is 0 Å². The topological polar surface area (TPSA) is 32.7 Å². The predicted octanol–water partition coefficient (Wildman–Crippen LogP) is -0.304. The minimum Gasteiger partial charge on any atom is -0.342 e. The molecular weight excluding hydrogens is 136 g/mol. The number of aliphatic imine (C=N–C) groups is 1. The van der Waals surface area contributed by atoms with Crippen molar-refractivity contribution < 1.29 is 4.79 Å². The Morgan fingerprint density at radius 2 is 2.67 bits per heavy atom. The molecular formula is C5H7N2OS. The van der Waals surface area contributed by atoms with Crippen LogP contribution in [0.2, 0.25) is 0 Å². The molecule has 3 nitrogen and oxygen atoms in total. The highest BCUT2D eigenvalue weighted by molar-refractivity contribution is 7.81. The summed E-state index contributed by atoms with van der Waals surface area (Å²) < 4.78 is 0. The lowest BCUT2D eigenvalue weighted by Gasteiger charge is -2.14. The van der Waals surface area contributed by atoms with E-state index in [9.17, 15) is 4.79 Å². The van der Waals surface area contributed by atoms with Crippen LogP contribution < -0.4 is 0 Å². The number of nitrogens with zero attached hydrogens (tertiary/aromatic N) is 2. The molecule has 0 amide bonds. The van der Waals surface area contributed by atoms with E-state index < -0.39 is 5.37 Å². The van der Waals surface area contributed by atoms with Gasteiger partial charge in [-0.1, -0.05) is 0 Å². The summed E-state index contributed by atoms with van der Waals surface area (Å²) in [6.45, 7) is 1.54. The van der Waals surface area contributed by atoms with Gasteiger partial charge in [0.2, 0.25) is 6.29 Å². The fourth-order valence-electron chi connectivity index (χ4n) is 0.647. The van der Waals surface area contributed by atoms with Crippen LogP contribution in [-0.2, 0) is 4.79 Å². The van der Waals surface area contributed by atoms with Crippen LogP contribution in [0.4, 0.5) is 0 Å². The van der Waals surface area contributed by atoms with E-state index in [1.807, 2.05) is 0 Å². The highest BCUT2D eigenvalue weighted by Crippen LogP contribution is 2.01. The van der Waals surface area contributed by atoms with Gasteiger partial charge in [0, 0.05) is 6.54 Å². The van der Waals surface area contributed by atoms with Crippen molar-refractivity contribution in [1.29, 1.82) is 0 Å². The Morgan fingerprint density at radius 3 is 3.11 bits per heavy atom. The van der Waals surface area contributed by atoms with Crippen molar-refractivity contribution >= 4 is 25.3 Å². The van der Waals surface area contributed by atoms with Gasteiger partial charge >= 0.3 is 0 Å². The molecule has 0 saturated carbocycles. The van der Waals surface area contributed by atoms with Crippen LogP contribution in [0.5, 0.6) is 0 Å². The molecule has 1 atom stereocenters. The SMILES string of the molecule is O=[C]C(S)N1C=NCC1. The lowest BCUT2D eigenvalue weighted by molar-refractivity contribution is 0.472. The van der Waals surface area contributed by atoms with Gasteiger partial charge < -0.3 is 4.90 Å². The summed E-state index contributed by atoms with van der Waals surface area (Å²) in [5, 5.41) is -0.434. The van der Waals surface area contributed by atoms with E-state index in [-0.39, 0.29) is 0 Å². The standard InChI is InChI=1S/C5H7N2OS/c8-3-5(9)7-2-1-6-4-7/h4-5,9H,1-2H2. The molecule has 4 heteroatoms. The maximum absolute atomic E-state index is 9.99. The molecule has 1 aliphatic heterocycles. The Balaban J connectivity index is 2.42. The van der Waals surface area contributed by atoms with Gasteiger partial charge in [0.05, 0.1) is 12.9 Å². The van der Waals surface area contributed by atoms with Crippen molar-refractivity contribution in [2.75, 3.05) is 13.1 Å². The summed E-state index contributed by atoms with van der Waals surface area (Å²) in [4.78, 5) is 15.6. The van der Waals surface area contributed by atoms with E-state index in [2.05, 4.69) is 17.6 Å². The van der Waals surface area contributed by atoms with E-state index in [1.165, 1.54) is 0 Å². The second-order valence-electron chi connectivity index (χ2n) is 1.75. The summed E-state index contributed by atoms with van der Waals surface area (Å²) >= 11 is 3.94. The maximum atomic E-state index is 9.99. The third-order valence-electron chi connectivity index (χ3n) is 1.14. The Bertz CT molecular complexity index is 137. The normalized spacial score (nSPS) is 20.3. The van der Waals surface area contributed by atoms with Crippen molar-refractivity contribution in [3.8, 4) is 0 Å². The molecule has 0 aliphatic carbocycles. The first-order chi connectivity index (χ1) is 4.34. The summed E-state index contributed by atoms with van der Waals surface area (Å²) in [7, 11) is 0. The monoisotopic (exact) mass is 143 g/mol. The van der Waals surface area contributed by atoms with Crippen molar-refractivity contribution in [3.63, 3.8) is 0 Å². The molecule has 0 aromatic carbocycles. The number of hydrogen-bond donors (Lipinski definition) is 1. The fourth-order valence-corrected chi connectivity index (χ4v) is 0.822. The molecule has 0 aromatic heterocycles. The second-order valence-corrected chi connectivity index (χ2v) is 2.24. The Morgan fingerprint density at radius 1 is 1.89 bits per heavy atom. The van der Waals surface area contributed by atoms with Crippen LogP contribution in [-0.4, -0.2) is 36.0 Å². The molecule has 0 saturated heterocycles. The van der Waals surface area contributed by atoms with E-state index in [4.69, 9.17) is 0 Å². The number of thiol groups is 1. The van der Waals surface area contributed by atoms with Crippen LogP contribution in [0.15, 0.2) is 4.99 Å². The molecule has 0 spiro atoms. The summed E-state index contributed by atoms with van der Waals surface area (Å²) in [5.74, 6) is 0. The molecule has 1 rings (SSSR count). The third-order valence-corrected chi connectivity index (χ3v) is 1.54. The molecule has 1 unspecified atom stereocenters. The van der Waals surface area contributed by atoms with Gasteiger partial charge in [-0.2, -0.15) is 0 Å². The van der Waals surface area contributed by atoms with Gasteiger partial charge in [-0.15, -0.1) is 12.6 Å². The predicted molar refractivity (Wildman–Crippen MR) is 38.5 cm³/mol. The van der Waals surface area contributed by atoms with E-state index in [0.717, 1.165) is 13.1 Å². The molecule has 0 aromatic rings. The number of rotatable bonds is 2. The molecule has 1 aliphatic rings. The van der Waals surface area contributed by atoms with Crippen molar-refractivity contribution in [2.24, 2.45) is 4.99 Å². The molecule has 1 heterocycles. The van der Waals surface area contributed by atoms with E-state index in [1.54, 1.807) is 17.5 Å². The Hall–Kier alpha value is -0.510. The zero-order chi connectivity index (χ0) is 6.69. The first kappa shape index (κ1) is 6.61. The Labute approximate surface area is 59.2 Å². The van der Waals surface area contributed by atoms with Gasteiger partial charge in [0.1, 0.15) is 5.37 Å². The average molecular weight is 143 g/mol. The number of carbonyl (C=O) groups excluding carboxylic acids is 1. The second kappa shape index (κ2) is 2.87. The summed E-state index contributed by atoms with van der Waals surface area (Å²) in [6, 6.07) is 0. The lowest BCUT2D eigenvalue weighted by atomic mass is 10.5. The van der Waals surface area contributed by atoms with Crippen molar-refractivity contribution in [2.45, 2.75) is 5.37 Å². The quantitative estimate of drug-likeness (QED) is 0.538. The number of hydrogen-bond acceptors (Lipinski definition) is 4. The van der Waals surface area contributed by atoms with Gasteiger partial charge in [-0.05, 0) is 0 Å². The fraction of sp³-hybridized carbons (Fsp3) is 0.600. The van der Waals surface area contributed by atoms with Crippen LogP contribution in [0.3, 0.4) is 0 Å². The zero-order valence-electron chi connectivity index (χ0n) is 4.82. The highest BCUT2D eigenvalue weighted by Gasteiger charge is 2.12. The summed E-state index contributed by atoms with van der Waals surface area (Å²) in [5.41, 5.74) is 0. The van der Waals surface area contributed by atoms with E-state index in [0.29, 0.717) is 0 Å². The molecule has 9 heavy (non-hydrogen) atoms. The van der Waals surface area contributed by atoms with E-state index >= 15 is 0 Å². The molecule has 1 radical (unpaired) electrons. The van der Waals surface area contributed by atoms with Crippen LogP contribution >= 0.6 is 12.6 Å². The first-order valence-electron chi connectivity index (χ1n) is 2.66. The highest BCUT2D eigenvalue weighted by atomic mass is 32.1.